The summed E-state index contributed by atoms with van der Waals surface area (Å²) in [6.07, 6.45) is 1.29. The molecule has 0 unspecified atom stereocenters. The molecular formula is C30H27N5O4S. The molecule has 1 aliphatic rings. The van der Waals surface area contributed by atoms with E-state index in [1.165, 1.54) is 18.7 Å². The van der Waals surface area contributed by atoms with Gasteiger partial charge in [-0.15, -0.1) is 10.2 Å². The number of hydrogen-bond donors (Lipinski definition) is 1. The number of carbonyl (C=O) groups is 4. The Kier molecular flexibility index (Phi) is 7.88. The number of ketones is 1. The van der Waals surface area contributed by atoms with Crippen molar-refractivity contribution < 1.29 is 19.2 Å². The van der Waals surface area contributed by atoms with Crippen LogP contribution in [0.1, 0.15) is 55.8 Å². The van der Waals surface area contributed by atoms with Gasteiger partial charge >= 0.3 is 0 Å². The number of amides is 3. The lowest BCUT2D eigenvalue weighted by Crippen LogP contribution is -2.29. The van der Waals surface area contributed by atoms with Gasteiger partial charge in [-0.3, -0.25) is 23.7 Å². The van der Waals surface area contributed by atoms with Gasteiger partial charge in [0.25, 0.3) is 11.8 Å². The third kappa shape index (κ3) is 5.57. The van der Waals surface area contributed by atoms with E-state index in [4.69, 9.17) is 0 Å². The number of Topliss-reactive ketones (excluding diaryl/α,β-unsaturated/α-hetero) is 1. The zero-order valence-corrected chi connectivity index (χ0v) is 22.9. The molecule has 0 saturated heterocycles. The summed E-state index contributed by atoms with van der Waals surface area (Å²) in [5.41, 5.74) is 3.44. The molecule has 0 fully saturated rings. The fraction of sp³-hybridized carbons (Fsp3) is 0.200. The van der Waals surface area contributed by atoms with Gasteiger partial charge in [-0.2, -0.15) is 0 Å². The Balaban J connectivity index is 1.33. The van der Waals surface area contributed by atoms with Crippen LogP contribution in [0.5, 0.6) is 0 Å². The minimum Gasteiger partial charge on any atom is -0.356 e. The van der Waals surface area contributed by atoms with Crippen molar-refractivity contribution in [1.29, 1.82) is 0 Å². The number of anilines is 1. The fourth-order valence-corrected chi connectivity index (χ4v) is 5.34. The average Bonchev–Trinajstić information content (AvgIpc) is 3.48. The molecule has 3 amide bonds. The molecule has 4 aromatic rings. The van der Waals surface area contributed by atoms with Crippen LogP contribution in [0.3, 0.4) is 0 Å². The highest BCUT2D eigenvalue weighted by atomic mass is 32.2. The summed E-state index contributed by atoms with van der Waals surface area (Å²) < 4.78 is 1.93. The van der Waals surface area contributed by atoms with E-state index >= 15 is 0 Å². The number of fused-ring (bicyclic) bond motifs is 1. The number of aromatic nitrogens is 3. The second-order valence-electron chi connectivity index (χ2n) is 9.41. The second-order valence-corrected chi connectivity index (χ2v) is 10.4. The van der Waals surface area contributed by atoms with Crippen LogP contribution in [0, 0.1) is 6.92 Å². The van der Waals surface area contributed by atoms with E-state index in [0.29, 0.717) is 46.9 Å². The molecule has 0 saturated carbocycles. The van der Waals surface area contributed by atoms with Crippen molar-refractivity contribution >= 4 is 41.0 Å². The van der Waals surface area contributed by atoms with E-state index in [1.54, 1.807) is 48.5 Å². The summed E-state index contributed by atoms with van der Waals surface area (Å²) in [6, 6.07) is 21.2. The van der Waals surface area contributed by atoms with Crippen LogP contribution in [0.2, 0.25) is 0 Å². The van der Waals surface area contributed by atoms with Crippen molar-refractivity contribution in [3.05, 3.63) is 101 Å². The highest BCUT2D eigenvalue weighted by Crippen LogP contribution is 2.30. The number of rotatable bonds is 10. The second kappa shape index (κ2) is 11.7. The van der Waals surface area contributed by atoms with Crippen molar-refractivity contribution in [2.75, 3.05) is 17.2 Å². The Hall–Kier alpha value is -4.57. The predicted octanol–water partition coefficient (Wildman–Crippen LogP) is 4.42. The Morgan fingerprint density at radius 3 is 2.25 bits per heavy atom. The number of aryl methyl sites for hydroxylation is 2. The smallest absolute Gasteiger partial charge is 0.266 e. The molecule has 1 N–H and O–H groups in total. The topological polar surface area (TPSA) is 114 Å². The molecule has 0 aliphatic carbocycles. The van der Waals surface area contributed by atoms with Gasteiger partial charge in [0, 0.05) is 31.1 Å². The summed E-state index contributed by atoms with van der Waals surface area (Å²) in [5.74, 6) is -0.247. The lowest BCUT2D eigenvalue weighted by molar-refractivity contribution is -0.118. The summed E-state index contributed by atoms with van der Waals surface area (Å²) in [4.78, 5) is 51.4. The van der Waals surface area contributed by atoms with Gasteiger partial charge in [0.05, 0.1) is 22.6 Å². The Labute approximate surface area is 235 Å². The van der Waals surface area contributed by atoms with Gasteiger partial charge in [0.1, 0.15) is 5.82 Å². The lowest BCUT2D eigenvalue weighted by atomic mass is 10.1. The molecule has 40 heavy (non-hydrogen) atoms. The number of imide groups is 1. The van der Waals surface area contributed by atoms with Crippen molar-refractivity contribution in [1.82, 2.24) is 20.1 Å². The van der Waals surface area contributed by atoms with Gasteiger partial charge in [-0.25, -0.2) is 4.90 Å². The summed E-state index contributed by atoms with van der Waals surface area (Å²) in [5, 5.41) is 12.1. The highest BCUT2D eigenvalue weighted by Gasteiger charge is 2.36. The first-order chi connectivity index (χ1) is 19.3. The Morgan fingerprint density at radius 2 is 1.57 bits per heavy atom. The lowest BCUT2D eigenvalue weighted by Gasteiger charge is -2.15. The molecule has 0 spiro atoms. The molecule has 0 bridgehead atoms. The van der Waals surface area contributed by atoms with Crippen molar-refractivity contribution in [2.24, 2.45) is 0 Å². The van der Waals surface area contributed by atoms with Crippen molar-refractivity contribution in [3.8, 4) is 5.69 Å². The summed E-state index contributed by atoms with van der Waals surface area (Å²) in [7, 11) is 0. The van der Waals surface area contributed by atoms with Crippen LogP contribution >= 0.6 is 11.8 Å². The third-order valence-electron chi connectivity index (χ3n) is 6.50. The molecule has 2 heterocycles. The van der Waals surface area contributed by atoms with E-state index in [1.807, 2.05) is 35.8 Å². The first-order valence-corrected chi connectivity index (χ1v) is 13.8. The van der Waals surface area contributed by atoms with Crippen LogP contribution in [0.15, 0.2) is 78.0 Å². The first-order valence-electron chi connectivity index (χ1n) is 12.8. The molecule has 10 heteroatoms. The van der Waals surface area contributed by atoms with Crippen LogP contribution in [-0.4, -0.2) is 50.6 Å². The maximum Gasteiger partial charge on any atom is 0.266 e. The molecule has 5 rings (SSSR count). The number of thioether (sulfide) groups is 1. The normalized spacial score (nSPS) is 12.5. The first kappa shape index (κ1) is 27.0. The Bertz CT molecular complexity index is 1580. The van der Waals surface area contributed by atoms with Crippen LogP contribution in [0.4, 0.5) is 5.69 Å². The monoisotopic (exact) mass is 553 g/mol. The third-order valence-corrected chi connectivity index (χ3v) is 7.43. The zero-order chi connectivity index (χ0) is 28.2. The quantitative estimate of drug-likeness (QED) is 0.134. The van der Waals surface area contributed by atoms with Gasteiger partial charge in [-0.05, 0) is 49.7 Å². The molecular weight excluding hydrogens is 526 g/mol. The minimum atomic E-state index is -0.406. The Morgan fingerprint density at radius 1 is 0.875 bits per heavy atom. The van der Waals surface area contributed by atoms with Crippen molar-refractivity contribution in [3.63, 3.8) is 0 Å². The summed E-state index contributed by atoms with van der Waals surface area (Å²) in [6.45, 7) is 4.02. The van der Waals surface area contributed by atoms with Crippen molar-refractivity contribution in [2.45, 2.75) is 31.8 Å². The molecule has 3 aromatic carbocycles. The fourth-order valence-electron chi connectivity index (χ4n) is 4.48. The largest absolute Gasteiger partial charge is 0.356 e. The van der Waals surface area contributed by atoms with Gasteiger partial charge < -0.3 is 5.32 Å². The summed E-state index contributed by atoms with van der Waals surface area (Å²) >= 11 is 1.27. The van der Waals surface area contributed by atoms with E-state index in [0.717, 1.165) is 22.0 Å². The van der Waals surface area contributed by atoms with E-state index in [2.05, 4.69) is 15.5 Å². The number of nitrogens with zero attached hydrogens (tertiary/aromatic N) is 4. The SMILES string of the molecule is CC(=O)NCCCc1nnc(SCC(=O)c2cccc(N3C(=O)c4ccccc4C3=O)c2)n1-c1ccc(C)cc1. The maximum absolute atomic E-state index is 13.2. The van der Waals surface area contributed by atoms with E-state index < -0.39 is 11.8 Å². The number of benzene rings is 3. The molecule has 0 radical (unpaired) electrons. The predicted molar refractivity (Wildman–Crippen MR) is 152 cm³/mol. The molecule has 202 valence electrons. The number of nitrogens with one attached hydrogen (secondary N) is 1. The van der Waals surface area contributed by atoms with Crippen LogP contribution < -0.4 is 10.2 Å². The molecule has 1 aliphatic heterocycles. The minimum absolute atomic E-state index is 0.0816. The zero-order valence-electron chi connectivity index (χ0n) is 22.1. The molecule has 9 nitrogen and oxygen atoms in total. The van der Waals surface area contributed by atoms with E-state index in [-0.39, 0.29) is 17.4 Å². The average molecular weight is 554 g/mol. The van der Waals surface area contributed by atoms with Crippen LogP contribution in [-0.2, 0) is 11.2 Å². The number of carbonyl (C=O) groups excluding carboxylic acids is 4. The van der Waals surface area contributed by atoms with Gasteiger partial charge in [0.15, 0.2) is 10.9 Å². The standard InChI is InChI=1S/C30H27N5O4S/c1-19-12-14-22(15-13-19)34-27(11-6-16-31-20(2)36)32-33-30(34)40-18-26(37)21-7-5-8-23(17-21)35-28(38)24-9-3-4-10-25(24)29(35)39/h3-5,7-10,12-15,17H,6,11,16,18H2,1-2H3,(H,31,36). The number of hydrogen-bond acceptors (Lipinski definition) is 7. The molecule has 1 aromatic heterocycles. The van der Waals surface area contributed by atoms with Crippen LogP contribution in [0.25, 0.3) is 5.69 Å². The van der Waals surface area contributed by atoms with E-state index in [9.17, 15) is 19.2 Å². The van der Waals surface area contributed by atoms with Gasteiger partial charge in [0.2, 0.25) is 5.91 Å². The van der Waals surface area contributed by atoms with Gasteiger partial charge in [-0.1, -0.05) is 53.7 Å². The molecule has 0 atom stereocenters. The maximum atomic E-state index is 13.2. The highest BCUT2D eigenvalue weighted by molar-refractivity contribution is 7.99.